The number of nitrogens with zero attached hydrogens (tertiary/aromatic N) is 3. The van der Waals surface area contributed by atoms with E-state index in [0.29, 0.717) is 40.9 Å². The third-order valence-electron chi connectivity index (χ3n) is 12.0. The van der Waals surface area contributed by atoms with Crippen LogP contribution in [0.3, 0.4) is 0 Å². The van der Waals surface area contributed by atoms with Crippen LogP contribution in [0, 0.1) is 69.6 Å². The van der Waals surface area contributed by atoms with E-state index in [1.807, 2.05) is 24.3 Å². The molecule has 6 aromatic rings. The fourth-order valence-electron chi connectivity index (χ4n) is 9.09. The molecule has 0 radical (unpaired) electrons. The second-order valence-electron chi connectivity index (χ2n) is 14.8. The third kappa shape index (κ3) is 4.86. The summed E-state index contributed by atoms with van der Waals surface area (Å²) in [7, 11) is 2.12. The Morgan fingerprint density at radius 3 is 2.04 bits per heavy atom. The Morgan fingerprint density at radius 2 is 1.38 bits per heavy atom. The van der Waals surface area contributed by atoms with Gasteiger partial charge in [0.1, 0.15) is 12.6 Å². The average Bonchev–Trinajstić information content (AvgIpc) is 3.52. The van der Waals surface area contributed by atoms with E-state index in [-0.39, 0.29) is 0 Å². The van der Waals surface area contributed by atoms with Gasteiger partial charge >= 0.3 is 0 Å². The van der Waals surface area contributed by atoms with Gasteiger partial charge in [-0.15, -0.1) is 0 Å². The van der Waals surface area contributed by atoms with Crippen LogP contribution in [0.4, 0.5) is 0 Å². The topological polar surface area (TPSA) is 53.7 Å². The molecule has 4 nitrogen and oxygen atoms in total. The van der Waals surface area contributed by atoms with Crippen molar-refractivity contribution < 1.29 is 8.98 Å². The molecule has 4 atom stereocenters. The maximum atomic E-state index is 9.78. The summed E-state index contributed by atoms with van der Waals surface area (Å²) in [5.74, 6) is 3.27. The predicted molar refractivity (Wildman–Crippen MR) is 197 cm³/mol. The minimum Gasteiger partial charge on any atom is -0.437 e. The number of fused-ring (bicyclic) bond motifs is 3. The van der Waals surface area contributed by atoms with Crippen molar-refractivity contribution in [2.75, 3.05) is 0 Å². The summed E-state index contributed by atoms with van der Waals surface area (Å²) < 4.78 is 8.67. The Bertz CT molecular complexity index is 2260. The van der Waals surface area contributed by atoms with E-state index in [4.69, 9.17) is 4.42 Å². The second kappa shape index (κ2) is 11.7. The Hall–Kier alpha value is -4.75. The van der Waals surface area contributed by atoms with E-state index in [2.05, 4.69) is 122 Å². The Morgan fingerprint density at radius 1 is 0.708 bits per heavy atom. The largest absolute Gasteiger partial charge is 0.437 e. The minimum atomic E-state index is 0.559. The molecule has 4 unspecified atom stereocenters. The normalized spacial score (nSPS) is 20.9. The number of benzene rings is 3. The van der Waals surface area contributed by atoms with Crippen molar-refractivity contribution in [1.82, 2.24) is 4.98 Å². The van der Waals surface area contributed by atoms with E-state index < -0.39 is 0 Å². The van der Waals surface area contributed by atoms with E-state index >= 15 is 0 Å². The summed E-state index contributed by atoms with van der Waals surface area (Å²) in [5.41, 5.74) is 16.7. The summed E-state index contributed by atoms with van der Waals surface area (Å²) in [5, 5.41) is 11.9. The highest BCUT2D eigenvalue weighted by Crippen LogP contribution is 2.52. The molecular formula is C44H46N3O+. The number of rotatable bonds is 4. The summed E-state index contributed by atoms with van der Waals surface area (Å²) in [6, 6.07) is 21.9. The molecule has 4 heteroatoms. The van der Waals surface area contributed by atoms with Crippen LogP contribution in [0.25, 0.3) is 55.6 Å². The van der Waals surface area contributed by atoms with Gasteiger partial charge in [0.15, 0.2) is 6.20 Å². The zero-order valence-corrected chi connectivity index (χ0v) is 30.0. The third-order valence-corrected chi connectivity index (χ3v) is 12.0. The number of nitriles is 1. The molecule has 3 heterocycles. The smallest absolute Gasteiger partial charge is 0.227 e. The van der Waals surface area contributed by atoms with Gasteiger partial charge in [-0.1, -0.05) is 45.9 Å². The first-order valence-electron chi connectivity index (χ1n) is 17.3. The van der Waals surface area contributed by atoms with Gasteiger partial charge in [-0.2, -0.15) is 5.26 Å². The van der Waals surface area contributed by atoms with E-state index in [1.165, 1.54) is 44.5 Å². The molecule has 0 bridgehead atoms. The Balaban J connectivity index is 1.51. The first-order chi connectivity index (χ1) is 22.9. The second-order valence-corrected chi connectivity index (χ2v) is 14.8. The fraction of sp³-hybridized carbons (Fsp3) is 0.341. The molecule has 0 saturated heterocycles. The lowest BCUT2D eigenvalue weighted by molar-refractivity contribution is -0.659. The van der Waals surface area contributed by atoms with Crippen molar-refractivity contribution in [3.8, 4) is 39.6 Å². The molecule has 3 aromatic carbocycles. The van der Waals surface area contributed by atoms with Crippen molar-refractivity contribution in [2.24, 2.45) is 30.7 Å². The maximum Gasteiger partial charge on any atom is 0.227 e. The Kier molecular flexibility index (Phi) is 7.79. The Labute approximate surface area is 285 Å². The molecule has 48 heavy (non-hydrogen) atoms. The van der Waals surface area contributed by atoms with Crippen LogP contribution < -0.4 is 4.57 Å². The SMILES string of the molecule is Cc1ccc(C#N)cc1-c1cc(-c2c(C)cc3c(oc4ncccc43)c2C)c(-c2c(C)cc(C3C(C)C(C)C(C)C3C)cc2C)c[n+]1C. The average molecular weight is 633 g/mol. The summed E-state index contributed by atoms with van der Waals surface area (Å²) >= 11 is 0. The quantitative estimate of drug-likeness (QED) is 0.182. The lowest BCUT2D eigenvalue weighted by atomic mass is 9.79. The van der Waals surface area contributed by atoms with Crippen molar-refractivity contribution in [1.29, 1.82) is 5.26 Å². The number of hydrogen-bond donors (Lipinski definition) is 0. The zero-order chi connectivity index (χ0) is 34.2. The van der Waals surface area contributed by atoms with Gasteiger partial charge in [0.05, 0.1) is 22.8 Å². The van der Waals surface area contributed by atoms with Crippen LogP contribution in [0.1, 0.15) is 72.6 Å². The van der Waals surface area contributed by atoms with Gasteiger partial charge < -0.3 is 4.42 Å². The van der Waals surface area contributed by atoms with Crippen molar-refractivity contribution in [3.05, 3.63) is 106 Å². The fourth-order valence-corrected chi connectivity index (χ4v) is 9.09. The monoisotopic (exact) mass is 632 g/mol. The van der Waals surface area contributed by atoms with Gasteiger partial charge in [0.25, 0.3) is 0 Å². The number of pyridine rings is 2. The molecule has 0 N–H and O–H groups in total. The van der Waals surface area contributed by atoms with Gasteiger partial charge in [0, 0.05) is 34.2 Å². The summed E-state index contributed by atoms with van der Waals surface area (Å²) in [4.78, 5) is 4.54. The van der Waals surface area contributed by atoms with Crippen LogP contribution >= 0.6 is 0 Å². The molecule has 0 amide bonds. The molecule has 0 spiro atoms. The lowest BCUT2D eigenvalue weighted by Crippen LogP contribution is -2.31. The van der Waals surface area contributed by atoms with E-state index in [1.54, 1.807) is 6.20 Å². The molecule has 0 aliphatic heterocycles. The first kappa shape index (κ1) is 31.8. The first-order valence-corrected chi connectivity index (χ1v) is 17.3. The molecule has 3 aromatic heterocycles. The van der Waals surface area contributed by atoms with Gasteiger partial charge in [-0.3, -0.25) is 0 Å². The number of aromatic nitrogens is 2. The minimum absolute atomic E-state index is 0.559. The van der Waals surface area contributed by atoms with Gasteiger partial charge in [-0.25, -0.2) is 9.55 Å². The van der Waals surface area contributed by atoms with E-state index in [0.717, 1.165) is 38.7 Å². The maximum absolute atomic E-state index is 9.78. The highest BCUT2D eigenvalue weighted by molar-refractivity contribution is 6.07. The number of hydrogen-bond acceptors (Lipinski definition) is 3. The number of furan rings is 1. The highest BCUT2D eigenvalue weighted by atomic mass is 16.3. The van der Waals surface area contributed by atoms with Crippen LogP contribution in [0.2, 0.25) is 0 Å². The molecular weight excluding hydrogens is 587 g/mol. The molecule has 242 valence electrons. The molecule has 1 aliphatic rings. The summed E-state index contributed by atoms with van der Waals surface area (Å²) in [6.45, 7) is 20.8. The standard InChI is InChI=1S/C44H46N3O/c1-23-13-14-32(21-45)19-35(23)39-20-36(41-26(4)18-37-34-12-11-15-46-44(34)48-43(37)31(41)9)38(22-47(39)10)40-24(2)16-33(17-25(40)3)42-29(7)27(5)28(6)30(42)8/h11-20,22,27-30,42H,1-10H3/q+1. The highest BCUT2D eigenvalue weighted by Gasteiger charge is 2.42. The number of aryl methyl sites for hydroxylation is 6. The van der Waals surface area contributed by atoms with Gasteiger partial charge in [-0.05, 0) is 133 Å². The molecule has 1 saturated carbocycles. The van der Waals surface area contributed by atoms with Crippen LogP contribution in [-0.4, -0.2) is 4.98 Å². The van der Waals surface area contributed by atoms with Gasteiger partial charge in [0.2, 0.25) is 11.4 Å². The molecule has 7 rings (SSSR count). The van der Waals surface area contributed by atoms with Crippen molar-refractivity contribution in [3.63, 3.8) is 0 Å². The lowest BCUT2D eigenvalue weighted by Gasteiger charge is -2.25. The van der Waals surface area contributed by atoms with Crippen LogP contribution in [0.15, 0.2) is 71.4 Å². The summed E-state index contributed by atoms with van der Waals surface area (Å²) in [6.07, 6.45) is 4.09. The zero-order valence-electron chi connectivity index (χ0n) is 30.0. The predicted octanol–water partition coefficient (Wildman–Crippen LogP) is 10.9. The van der Waals surface area contributed by atoms with E-state index in [9.17, 15) is 5.26 Å². The van der Waals surface area contributed by atoms with Crippen molar-refractivity contribution in [2.45, 2.75) is 68.2 Å². The molecule has 1 fully saturated rings. The van der Waals surface area contributed by atoms with Crippen LogP contribution in [0.5, 0.6) is 0 Å². The van der Waals surface area contributed by atoms with Crippen LogP contribution in [-0.2, 0) is 7.05 Å². The molecule has 1 aliphatic carbocycles. The van der Waals surface area contributed by atoms with Crippen molar-refractivity contribution >= 4 is 22.1 Å².